The van der Waals surface area contributed by atoms with Crippen LogP contribution < -0.4 is 11.1 Å². The molecule has 2 aromatic rings. The lowest BCUT2D eigenvalue weighted by molar-refractivity contribution is 1.10. The van der Waals surface area contributed by atoms with Crippen LogP contribution in [0.5, 0.6) is 0 Å². The molecule has 1 aromatic carbocycles. The lowest BCUT2D eigenvalue weighted by Crippen LogP contribution is -2.00. The Morgan fingerprint density at radius 1 is 1.44 bits per heavy atom. The second-order valence-electron chi connectivity index (χ2n) is 4.57. The highest BCUT2D eigenvalue weighted by Gasteiger charge is 2.30. The second kappa shape index (κ2) is 4.78. The summed E-state index contributed by atoms with van der Waals surface area (Å²) in [6, 6.07) is 7.86. The molecule has 1 fully saturated rings. The average molecular weight is 280 g/mol. The quantitative estimate of drug-likeness (QED) is 0.893. The first-order chi connectivity index (χ1) is 8.74. The van der Waals surface area contributed by atoms with Gasteiger partial charge in [-0.15, -0.1) is 0 Å². The van der Waals surface area contributed by atoms with Gasteiger partial charge in [-0.3, -0.25) is 0 Å². The number of hydrogen-bond donors (Lipinski definition) is 2. The smallest absolute Gasteiger partial charge is 0.142 e. The van der Waals surface area contributed by atoms with Crippen LogP contribution in [0.1, 0.15) is 29.9 Å². The minimum atomic E-state index is 0.616. The maximum Gasteiger partial charge on any atom is 0.142 e. The lowest BCUT2D eigenvalue weighted by Gasteiger charge is -2.06. The van der Waals surface area contributed by atoms with E-state index >= 15 is 0 Å². The Bertz CT molecular complexity index is 563. The van der Waals surface area contributed by atoms with Gasteiger partial charge in [0.2, 0.25) is 0 Å². The zero-order valence-electron chi connectivity index (χ0n) is 9.82. The number of aromatic nitrogens is 1. The van der Waals surface area contributed by atoms with Crippen molar-refractivity contribution in [1.82, 2.24) is 4.37 Å². The number of nitrogens with zero attached hydrogens (tertiary/aromatic N) is 1. The summed E-state index contributed by atoms with van der Waals surface area (Å²) in [4.78, 5) is 0. The van der Waals surface area contributed by atoms with Crippen LogP contribution in [0.15, 0.2) is 24.3 Å². The summed E-state index contributed by atoms with van der Waals surface area (Å²) in [7, 11) is 0. The zero-order chi connectivity index (χ0) is 12.5. The summed E-state index contributed by atoms with van der Waals surface area (Å²) < 4.78 is 4.24. The van der Waals surface area contributed by atoms with Gasteiger partial charge in [0, 0.05) is 17.1 Å². The molecule has 0 spiro atoms. The van der Waals surface area contributed by atoms with E-state index < -0.39 is 0 Å². The molecule has 0 aliphatic heterocycles. The Hall–Kier alpha value is -1.26. The molecule has 5 heteroatoms. The molecule has 0 atom stereocenters. The van der Waals surface area contributed by atoms with Crippen LogP contribution in [0.3, 0.4) is 0 Å². The van der Waals surface area contributed by atoms with Crippen molar-refractivity contribution in [2.75, 3.05) is 11.1 Å². The van der Waals surface area contributed by atoms with Crippen molar-refractivity contribution in [2.24, 2.45) is 0 Å². The number of nitrogen functional groups attached to an aromatic ring is 1. The van der Waals surface area contributed by atoms with Crippen molar-refractivity contribution in [3.63, 3.8) is 0 Å². The molecule has 1 heterocycles. The number of hydrogen-bond acceptors (Lipinski definition) is 4. The van der Waals surface area contributed by atoms with E-state index in [1.54, 1.807) is 0 Å². The number of rotatable bonds is 4. The minimum absolute atomic E-state index is 0.616. The monoisotopic (exact) mass is 279 g/mol. The fourth-order valence-corrected chi connectivity index (χ4v) is 3.04. The van der Waals surface area contributed by atoms with E-state index in [1.807, 2.05) is 18.2 Å². The van der Waals surface area contributed by atoms with Crippen molar-refractivity contribution in [3.8, 4) is 0 Å². The molecular weight excluding hydrogens is 266 g/mol. The number of anilines is 2. The summed E-state index contributed by atoms with van der Waals surface area (Å²) in [6.07, 6.45) is 2.46. The fourth-order valence-electron chi connectivity index (χ4n) is 2.03. The molecule has 0 radical (unpaired) electrons. The summed E-state index contributed by atoms with van der Waals surface area (Å²) in [5.74, 6) is 1.31. The van der Waals surface area contributed by atoms with Gasteiger partial charge in [0.25, 0.3) is 0 Å². The highest BCUT2D eigenvalue weighted by Crippen LogP contribution is 2.47. The molecule has 0 amide bonds. The highest BCUT2D eigenvalue weighted by molar-refractivity contribution is 7.10. The predicted molar refractivity (Wildman–Crippen MR) is 77.3 cm³/mol. The zero-order valence-corrected chi connectivity index (χ0v) is 11.4. The molecule has 94 valence electrons. The van der Waals surface area contributed by atoms with Gasteiger partial charge in [0.15, 0.2) is 0 Å². The van der Waals surface area contributed by atoms with E-state index in [2.05, 4.69) is 15.8 Å². The third kappa shape index (κ3) is 2.44. The molecule has 0 bridgehead atoms. The van der Waals surface area contributed by atoms with Crippen LogP contribution >= 0.6 is 23.1 Å². The van der Waals surface area contributed by atoms with Gasteiger partial charge in [0.1, 0.15) is 10.8 Å². The largest absolute Gasteiger partial charge is 0.383 e. The highest BCUT2D eigenvalue weighted by atomic mass is 35.5. The van der Waals surface area contributed by atoms with Gasteiger partial charge < -0.3 is 11.1 Å². The van der Waals surface area contributed by atoms with Crippen LogP contribution in [0.4, 0.5) is 10.8 Å². The van der Waals surface area contributed by atoms with Crippen molar-refractivity contribution in [3.05, 3.63) is 40.4 Å². The van der Waals surface area contributed by atoms with E-state index in [9.17, 15) is 0 Å². The van der Waals surface area contributed by atoms with Gasteiger partial charge in [-0.2, -0.15) is 4.37 Å². The van der Waals surface area contributed by atoms with Gasteiger partial charge in [-0.1, -0.05) is 23.7 Å². The van der Waals surface area contributed by atoms with Crippen LogP contribution in [0, 0.1) is 0 Å². The Kier molecular flexibility index (Phi) is 3.14. The van der Waals surface area contributed by atoms with E-state index in [0.29, 0.717) is 11.7 Å². The molecule has 1 aliphatic rings. The van der Waals surface area contributed by atoms with E-state index in [1.165, 1.54) is 29.9 Å². The predicted octanol–water partition coefficient (Wildman–Crippen LogP) is 3.87. The fraction of sp³-hybridized carbons (Fsp3) is 0.308. The van der Waals surface area contributed by atoms with Crippen LogP contribution in [-0.2, 0) is 6.54 Å². The molecule has 1 aromatic heterocycles. The van der Waals surface area contributed by atoms with Gasteiger partial charge in [0.05, 0.1) is 0 Å². The number of nitrogens with two attached hydrogens (primary N) is 1. The molecule has 1 saturated carbocycles. The van der Waals surface area contributed by atoms with Gasteiger partial charge >= 0.3 is 0 Å². The third-order valence-corrected chi connectivity index (χ3v) is 4.15. The number of nitrogens with one attached hydrogen (secondary N) is 1. The topological polar surface area (TPSA) is 50.9 Å². The minimum Gasteiger partial charge on any atom is -0.383 e. The van der Waals surface area contributed by atoms with Crippen LogP contribution in [0.25, 0.3) is 0 Å². The summed E-state index contributed by atoms with van der Waals surface area (Å²) in [5.41, 5.74) is 8.29. The Labute approximate surface area is 115 Å². The molecule has 0 saturated heterocycles. The van der Waals surface area contributed by atoms with Crippen molar-refractivity contribution < 1.29 is 0 Å². The van der Waals surface area contributed by atoms with Gasteiger partial charge in [-0.05, 0) is 48.0 Å². The maximum atomic E-state index is 5.96. The maximum absolute atomic E-state index is 5.96. The third-order valence-electron chi connectivity index (χ3n) is 3.08. The summed E-state index contributed by atoms with van der Waals surface area (Å²) in [5, 5.41) is 5.29. The van der Waals surface area contributed by atoms with Crippen molar-refractivity contribution >= 4 is 34.0 Å². The van der Waals surface area contributed by atoms with Crippen molar-refractivity contribution in [1.29, 1.82) is 0 Å². The normalized spacial score (nSPS) is 14.7. The van der Waals surface area contributed by atoms with Crippen LogP contribution in [-0.4, -0.2) is 4.37 Å². The number of benzene rings is 1. The summed E-state index contributed by atoms with van der Waals surface area (Å²) >= 11 is 7.41. The lowest BCUT2D eigenvalue weighted by atomic mass is 10.2. The molecular formula is C13H14ClN3S. The van der Waals surface area contributed by atoms with E-state index in [4.69, 9.17) is 17.3 Å². The molecule has 0 unspecified atom stereocenters. The van der Waals surface area contributed by atoms with E-state index in [-0.39, 0.29) is 0 Å². The Morgan fingerprint density at radius 2 is 2.28 bits per heavy atom. The SMILES string of the molecule is Nc1nsc(NCc2cccc(Cl)c2)c1C1CC1. The average Bonchev–Trinajstić information content (AvgIpc) is 3.11. The first-order valence-electron chi connectivity index (χ1n) is 5.97. The van der Waals surface area contributed by atoms with Crippen molar-refractivity contribution in [2.45, 2.75) is 25.3 Å². The second-order valence-corrected chi connectivity index (χ2v) is 5.78. The molecule has 1 aliphatic carbocycles. The molecule has 3 rings (SSSR count). The van der Waals surface area contributed by atoms with Gasteiger partial charge in [-0.25, -0.2) is 0 Å². The number of halogens is 1. The first kappa shape index (κ1) is 11.8. The Balaban J connectivity index is 1.73. The molecule has 18 heavy (non-hydrogen) atoms. The Morgan fingerprint density at radius 3 is 3.00 bits per heavy atom. The standard InChI is InChI=1S/C13H14ClN3S/c14-10-3-1-2-8(6-10)7-16-13-11(9-4-5-9)12(15)17-18-13/h1-3,6,9,16H,4-5,7H2,(H2,15,17). The first-order valence-corrected chi connectivity index (χ1v) is 7.12. The molecule has 3 nitrogen and oxygen atoms in total. The van der Waals surface area contributed by atoms with Crippen LogP contribution in [0.2, 0.25) is 5.02 Å². The van der Waals surface area contributed by atoms with E-state index in [0.717, 1.165) is 22.1 Å². The summed E-state index contributed by atoms with van der Waals surface area (Å²) in [6.45, 7) is 0.752. The molecule has 3 N–H and O–H groups in total.